The fourth-order valence-electron chi connectivity index (χ4n) is 5.74. The third-order valence-corrected chi connectivity index (χ3v) is 7.71. The molecule has 1 aromatic heterocycles. The van der Waals surface area contributed by atoms with Crippen molar-refractivity contribution >= 4 is 11.9 Å². The molecule has 0 unspecified atom stereocenters. The van der Waals surface area contributed by atoms with Gasteiger partial charge >= 0.3 is 6.03 Å². The number of likely N-dealkylation sites (tertiary alicyclic amines) is 1. The predicted molar refractivity (Wildman–Crippen MR) is 129 cm³/mol. The summed E-state index contributed by atoms with van der Waals surface area (Å²) in [4.78, 5) is 37.5. The average Bonchev–Trinajstić information content (AvgIpc) is 3.07. The Balaban J connectivity index is 1.32. The minimum Gasteiger partial charge on any atom is -0.381 e. The van der Waals surface area contributed by atoms with Gasteiger partial charge in [0, 0.05) is 57.8 Å². The van der Waals surface area contributed by atoms with E-state index in [1.807, 2.05) is 53.6 Å². The summed E-state index contributed by atoms with van der Waals surface area (Å²) < 4.78 is 5.54. The number of hydrogen-bond donors (Lipinski definition) is 0. The number of aryl methyl sites for hydroxylation is 1. The molecular formula is C27H34N4O3. The smallest absolute Gasteiger partial charge is 0.327 e. The van der Waals surface area contributed by atoms with Gasteiger partial charge in [0.1, 0.15) is 5.54 Å². The Bertz CT molecular complexity index is 970. The molecular weight excluding hydrogens is 428 g/mol. The highest BCUT2D eigenvalue weighted by Gasteiger charge is 2.57. The number of rotatable bonds is 7. The molecule has 2 aromatic rings. The standard InChI is InChI=1S/C27H34N4O3/c32-25-27(12-16-29(17-13-27)24-10-18-34-19-11-24)31(21-23-6-2-1-3-7-23)26(33)30(25)15-5-9-22-8-4-14-28-20-22/h1-4,6-8,14,20,24H,5,9-13,15-19,21H2. The van der Waals surface area contributed by atoms with Crippen LogP contribution in [0.25, 0.3) is 0 Å². The number of urea groups is 1. The van der Waals surface area contributed by atoms with Gasteiger partial charge in [0.15, 0.2) is 0 Å². The number of hydrogen-bond acceptors (Lipinski definition) is 5. The number of aromatic nitrogens is 1. The Hall–Kier alpha value is -2.77. The highest BCUT2D eigenvalue weighted by molar-refractivity contribution is 6.07. The van der Waals surface area contributed by atoms with Crippen molar-refractivity contribution in [3.8, 4) is 0 Å². The zero-order valence-electron chi connectivity index (χ0n) is 19.8. The molecule has 180 valence electrons. The molecule has 1 aromatic carbocycles. The summed E-state index contributed by atoms with van der Waals surface area (Å²) in [5.74, 6) is -0.00811. The van der Waals surface area contributed by atoms with Crippen molar-refractivity contribution in [2.45, 2.75) is 56.7 Å². The molecule has 0 atom stereocenters. The summed E-state index contributed by atoms with van der Waals surface area (Å²) in [6, 6.07) is 14.4. The lowest BCUT2D eigenvalue weighted by atomic mass is 9.84. The average molecular weight is 463 g/mol. The molecule has 3 saturated heterocycles. The summed E-state index contributed by atoms with van der Waals surface area (Å²) in [6.45, 7) is 4.24. The van der Waals surface area contributed by atoms with Gasteiger partial charge in [0.05, 0.1) is 0 Å². The van der Waals surface area contributed by atoms with Crippen molar-refractivity contribution in [3.05, 3.63) is 66.0 Å². The molecule has 34 heavy (non-hydrogen) atoms. The van der Waals surface area contributed by atoms with Gasteiger partial charge in [0.25, 0.3) is 5.91 Å². The topological polar surface area (TPSA) is 66.0 Å². The Morgan fingerprint density at radius 1 is 0.971 bits per heavy atom. The van der Waals surface area contributed by atoms with Crippen molar-refractivity contribution in [2.24, 2.45) is 0 Å². The van der Waals surface area contributed by atoms with Crippen molar-refractivity contribution in [1.29, 1.82) is 0 Å². The molecule has 0 radical (unpaired) electrons. The minimum absolute atomic E-state index is 0.00811. The van der Waals surface area contributed by atoms with E-state index in [4.69, 9.17) is 4.74 Å². The van der Waals surface area contributed by atoms with Crippen LogP contribution in [0.4, 0.5) is 4.79 Å². The van der Waals surface area contributed by atoms with Crippen LogP contribution in [0.2, 0.25) is 0 Å². The molecule has 0 bridgehead atoms. The number of carbonyl (C=O) groups is 2. The molecule has 3 amide bonds. The third-order valence-electron chi connectivity index (χ3n) is 7.71. The first-order valence-electron chi connectivity index (χ1n) is 12.6. The maximum absolute atomic E-state index is 13.8. The van der Waals surface area contributed by atoms with Gasteiger partial charge in [-0.15, -0.1) is 0 Å². The molecule has 5 rings (SSSR count). The Kier molecular flexibility index (Phi) is 6.92. The number of pyridine rings is 1. The third kappa shape index (κ3) is 4.59. The van der Waals surface area contributed by atoms with E-state index >= 15 is 0 Å². The highest BCUT2D eigenvalue weighted by Crippen LogP contribution is 2.39. The van der Waals surface area contributed by atoms with Crippen LogP contribution < -0.4 is 0 Å². The van der Waals surface area contributed by atoms with E-state index in [1.165, 1.54) is 4.90 Å². The van der Waals surface area contributed by atoms with Crippen LogP contribution in [0.1, 0.15) is 43.2 Å². The van der Waals surface area contributed by atoms with Crippen LogP contribution in [0, 0.1) is 0 Å². The molecule has 3 fully saturated rings. The molecule has 3 aliphatic heterocycles. The fraction of sp³-hybridized carbons (Fsp3) is 0.519. The lowest BCUT2D eigenvalue weighted by Gasteiger charge is -2.45. The first kappa shape index (κ1) is 23.0. The number of benzene rings is 1. The van der Waals surface area contributed by atoms with E-state index in [0.717, 1.165) is 63.1 Å². The number of ether oxygens (including phenoxy) is 1. The van der Waals surface area contributed by atoms with Gasteiger partial charge in [-0.25, -0.2) is 4.79 Å². The van der Waals surface area contributed by atoms with Crippen LogP contribution in [0.15, 0.2) is 54.9 Å². The maximum atomic E-state index is 13.8. The van der Waals surface area contributed by atoms with Crippen LogP contribution in [-0.4, -0.2) is 76.1 Å². The van der Waals surface area contributed by atoms with E-state index in [2.05, 4.69) is 9.88 Å². The first-order chi connectivity index (χ1) is 16.7. The molecule has 0 aliphatic carbocycles. The Morgan fingerprint density at radius 3 is 2.41 bits per heavy atom. The van der Waals surface area contributed by atoms with Crippen LogP contribution in [-0.2, 0) is 22.5 Å². The van der Waals surface area contributed by atoms with Gasteiger partial charge in [0.2, 0.25) is 0 Å². The van der Waals surface area contributed by atoms with Crippen LogP contribution in [0.5, 0.6) is 0 Å². The summed E-state index contributed by atoms with van der Waals surface area (Å²) >= 11 is 0. The first-order valence-corrected chi connectivity index (χ1v) is 12.6. The van der Waals surface area contributed by atoms with Gasteiger partial charge in [-0.05, 0) is 55.7 Å². The van der Waals surface area contributed by atoms with Crippen molar-refractivity contribution in [1.82, 2.24) is 19.7 Å². The number of carbonyl (C=O) groups excluding carboxylic acids is 2. The lowest BCUT2D eigenvalue weighted by molar-refractivity contribution is -0.136. The molecule has 4 heterocycles. The Morgan fingerprint density at radius 2 is 1.71 bits per heavy atom. The maximum Gasteiger partial charge on any atom is 0.327 e. The number of nitrogens with zero attached hydrogens (tertiary/aromatic N) is 4. The molecule has 1 spiro atoms. The van der Waals surface area contributed by atoms with E-state index in [1.54, 1.807) is 6.20 Å². The fourth-order valence-corrected chi connectivity index (χ4v) is 5.74. The molecule has 0 N–H and O–H groups in total. The predicted octanol–water partition coefficient (Wildman–Crippen LogP) is 3.49. The van der Waals surface area contributed by atoms with Gasteiger partial charge in [-0.1, -0.05) is 36.4 Å². The van der Waals surface area contributed by atoms with Crippen molar-refractivity contribution in [3.63, 3.8) is 0 Å². The van der Waals surface area contributed by atoms with Crippen molar-refractivity contribution in [2.75, 3.05) is 32.8 Å². The minimum atomic E-state index is -0.733. The number of imide groups is 1. The number of piperidine rings is 1. The molecule has 0 saturated carbocycles. The number of amides is 3. The summed E-state index contributed by atoms with van der Waals surface area (Å²) in [5.41, 5.74) is 1.46. The van der Waals surface area contributed by atoms with Crippen LogP contribution in [0.3, 0.4) is 0 Å². The second kappa shape index (κ2) is 10.2. The second-order valence-corrected chi connectivity index (χ2v) is 9.69. The van der Waals surface area contributed by atoms with Gasteiger partial charge < -0.3 is 14.5 Å². The molecule has 7 nitrogen and oxygen atoms in total. The van der Waals surface area contributed by atoms with E-state index in [0.29, 0.717) is 32.0 Å². The Labute approximate surface area is 201 Å². The monoisotopic (exact) mass is 462 g/mol. The van der Waals surface area contributed by atoms with Crippen LogP contribution >= 0.6 is 0 Å². The zero-order chi connectivity index (χ0) is 23.4. The quantitative estimate of drug-likeness (QED) is 0.590. The summed E-state index contributed by atoms with van der Waals surface area (Å²) in [6.07, 6.45) is 8.64. The highest BCUT2D eigenvalue weighted by atomic mass is 16.5. The summed E-state index contributed by atoms with van der Waals surface area (Å²) in [5, 5.41) is 0. The van der Waals surface area contributed by atoms with Gasteiger partial charge in [-0.3, -0.25) is 14.7 Å². The second-order valence-electron chi connectivity index (χ2n) is 9.69. The summed E-state index contributed by atoms with van der Waals surface area (Å²) in [7, 11) is 0. The molecule has 7 heteroatoms. The zero-order valence-corrected chi connectivity index (χ0v) is 19.8. The van der Waals surface area contributed by atoms with E-state index in [9.17, 15) is 9.59 Å². The molecule has 3 aliphatic rings. The van der Waals surface area contributed by atoms with E-state index < -0.39 is 5.54 Å². The lowest BCUT2D eigenvalue weighted by Crippen LogP contribution is -2.58. The largest absolute Gasteiger partial charge is 0.381 e. The van der Waals surface area contributed by atoms with Crippen molar-refractivity contribution < 1.29 is 14.3 Å². The van der Waals surface area contributed by atoms with E-state index in [-0.39, 0.29) is 11.9 Å². The normalized spacial score (nSPS) is 21.5. The van der Waals surface area contributed by atoms with Gasteiger partial charge in [-0.2, -0.15) is 0 Å². The SMILES string of the molecule is O=C1N(CCCc2cccnc2)C(=O)C2(CCN(C3CCOCC3)CC2)N1Cc1ccccc1.